The molecule has 0 radical (unpaired) electrons. The van der Waals surface area contributed by atoms with Gasteiger partial charge >= 0.3 is 0 Å². The molecule has 2 amide bonds. The van der Waals surface area contributed by atoms with E-state index in [0.717, 1.165) is 45.3 Å². The smallest absolute Gasteiger partial charge is 0.227 e. The Kier molecular flexibility index (Phi) is 14.1. The topological polar surface area (TPSA) is 108 Å². The summed E-state index contributed by atoms with van der Waals surface area (Å²) in [6.07, 6.45) is 0.807. The highest BCUT2D eigenvalue weighted by Gasteiger charge is 2.25. The summed E-state index contributed by atoms with van der Waals surface area (Å²) in [7, 11) is 0. The molecule has 0 aliphatic heterocycles. The Labute approximate surface area is 281 Å². The average Bonchev–Trinajstić information content (AvgIpc) is 3.42. The van der Waals surface area contributed by atoms with E-state index in [1.807, 2.05) is 108 Å². The van der Waals surface area contributed by atoms with Crippen molar-refractivity contribution in [2.45, 2.75) is 120 Å². The van der Waals surface area contributed by atoms with Crippen molar-refractivity contribution >= 4 is 11.8 Å². The zero-order chi connectivity index (χ0) is 34.3. The standard InChI is InChI=1S/2C19H27N3O.H2O/c2*1-13(2)21(14(3)4)19(23)12-18-15(5)20-22(16(18)6)17-10-8-7-9-11-17;/h2*7-11,13-14H,12H2,1-6H3;1H2. The molecule has 9 nitrogen and oxygen atoms in total. The summed E-state index contributed by atoms with van der Waals surface area (Å²) in [5, 5.41) is 9.26. The van der Waals surface area contributed by atoms with Crippen LogP contribution >= 0.6 is 0 Å². The van der Waals surface area contributed by atoms with Crippen molar-refractivity contribution < 1.29 is 15.1 Å². The van der Waals surface area contributed by atoms with Crippen molar-refractivity contribution in [3.8, 4) is 11.4 Å². The predicted octanol–water partition coefficient (Wildman–Crippen LogP) is 6.53. The van der Waals surface area contributed by atoms with E-state index >= 15 is 0 Å². The highest BCUT2D eigenvalue weighted by atomic mass is 16.2. The van der Waals surface area contributed by atoms with Gasteiger partial charge in [0.05, 0.1) is 35.6 Å². The summed E-state index contributed by atoms with van der Waals surface area (Å²) in [5.41, 5.74) is 8.03. The van der Waals surface area contributed by atoms with E-state index in [-0.39, 0.29) is 41.5 Å². The second kappa shape index (κ2) is 17.1. The van der Waals surface area contributed by atoms with Gasteiger partial charge in [-0.15, -0.1) is 0 Å². The van der Waals surface area contributed by atoms with E-state index in [9.17, 15) is 9.59 Å². The minimum absolute atomic E-state index is 0. The van der Waals surface area contributed by atoms with Gasteiger partial charge in [0.2, 0.25) is 11.8 Å². The lowest BCUT2D eigenvalue weighted by Gasteiger charge is -2.31. The summed E-state index contributed by atoms with van der Waals surface area (Å²) in [6, 6.07) is 20.9. The molecular weight excluding hydrogens is 588 g/mol. The number of benzene rings is 2. The van der Waals surface area contributed by atoms with Crippen LogP contribution in [0.3, 0.4) is 0 Å². The maximum atomic E-state index is 12.7. The lowest BCUT2D eigenvalue weighted by Crippen LogP contribution is -2.43. The van der Waals surface area contributed by atoms with Crippen molar-refractivity contribution in [1.29, 1.82) is 0 Å². The van der Waals surface area contributed by atoms with Gasteiger partial charge in [-0.05, 0) is 107 Å². The molecule has 256 valence electrons. The van der Waals surface area contributed by atoms with Gasteiger partial charge in [-0.25, -0.2) is 9.36 Å². The molecule has 47 heavy (non-hydrogen) atoms. The third-order valence-electron chi connectivity index (χ3n) is 8.34. The molecule has 0 spiro atoms. The number of aryl methyl sites for hydroxylation is 2. The zero-order valence-electron chi connectivity index (χ0n) is 30.5. The Balaban J connectivity index is 0.000000320. The molecule has 0 aliphatic carbocycles. The van der Waals surface area contributed by atoms with Crippen molar-refractivity contribution in [2.24, 2.45) is 0 Å². The van der Waals surface area contributed by atoms with Crippen molar-refractivity contribution in [3.63, 3.8) is 0 Å². The van der Waals surface area contributed by atoms with Gasteiger partial charge in [-0.3, -0.25) is 9.59 Å². The van der Waals surface area contributed by atoms with Crippen LogP contribution in [0.4, 0.5) is 0 Å². The van der Waals surface area contributed by atoms with E-state index in [2.05, 4.69) is 65.6 Å². The second-order valence-corrected chi connectivity index (χ2v) is 13.1. The Morgan fingerprint density at radius 1 is 0.553 bits per heavy atom. The quantitative estimate of drug-likeness (QED) is 0.196. The summed E-state index contributed by atoms with van der Waals surface area (Å²) in [6.45, 7) is 24.5. The number of para-hydroxylation sites is 2. The molecule has 0 saturated heterocycles. The molecule has 9 heteroatoms. The molecule has 0 atom stereocenters. The highest BCUT2D eigenvalue weighted by molar-refractivity contribution is 5.80. The molecule has 4 rings (SSSR count). The fourth-order valence-electron chi connectivity index (χ4n) is 6.33. The molecule has 2 N–H and O–H groups in total. The zero-order valence-corrected chi connectivity index (χ0v) is 30.5. The third-order valence-corrected chi connectivity index (χ3v) is 8.34. The molecule has 0 bridgehead atoms. The lowest BCUT2D eigenvalue weighted by atomic mass is 10.1. The van der Waals surface area contributed by atoms with Gasteiger partial charge in [0.25, 0.3) is 0 Å². The van der Waals surface area contributed by atoms with Crippen LogP contribution in [0, 0.1) is 27.7 Å². The molecule has 2 aromatic carbocycles. The number of rotatable bonds is 10. The van der Waals surface area contributed by atoms with Gasteiger partial charge < -0.3 is 15.3 Å². The van der Waals surface area contributed by atoms with E-state index in [1.54, 1.807) is 0 Å². The Hall–Kier alpha value is -4.24. The predicted molar refractivity (Wildman–Crippen MR) is 191 cm³/mol. The van der Waals surface area contributed by atoms with Crippen LogP contribution < -0.4 is 0 Å². The minimum Gasteiger partial charge on any atom is -0.412 e. The molecule has 2 heterocycles. The van der Waals surface area contributed by atoms with E-state index in [1.165, 1.54) is 0 Å². The normalized spacial score (nSPS) is 11.1. The van der Waals surface area contributed by atoms with Crippen LogP contribution in [0.5, 0.6) is 0 Å². The van der Waals surface area contributed by atoms with Gasteiger partial charge in [0.1, 0.15) is 0 Å². The van der Waals surface area contributed by atoms with Crippen molar-refractivity contribution in [3.05, 3.63) is 94.6 Å². The highest BCUT2D eigenvalue weighted by Crippen LogP contribution is 2.21. The fraction of sp³-hybridized carbons (Fsp3) is 0.474. The molecule has 4 aromatic rings. The lowest BCUT2D eigenvalue weighted by molar-refractivity contribution is -0.134. The number of hydrogen-bond donors (Lipinski definition) is 0. The SMILES string of the molecule is Cc1nn(-c2ccccc2)c(C)c1CC(=O)N(C(C)C)C(C)C.Cc1nn(-c2ccccc2)c(C)c1CC(=O)N(C(C)C)C(C)C.O. The summed E-state index contributed by atoms with van der Waals surface area (Å²) in [5.74, 6) is 0.322. The first-order chi connectivity index (χ1) is 21.6. The first-order valence-electron chi connectivity index (χ1n) is 16.5. The molecule has 0 aliphatic rings. The molecule has 2 aromatic heterocycles. The number of nitrogens with zero attached hydrogens (tertiary/aromatic N) is 6. The second-order valence-electron chi connectivity index (χ2n) is 13.1. The number of carbonyl (C=O) groups is 2. The minimum atomic E-state index is 0. The summed E-state index contributed by atoms with van der Waals surface area (Å²) < 4.78 is 3.85. The maximum absolute atomic E-state index is 12.7. The van der Waals surface area contributed by atoms with Crippen molar-refractivity contribution in [1.82, 2.24) is 29.4 Å². The number of aromatic nitrogens is 4. The summed E-state index contributed by atoms with van der Waals surface area (Å²) >= 11 is 0. The Morgan fingerprint density at radius 2 is 0.830 bits per heavy atom. The first-order valence-corrected chi connectivity index (χ1v) is 16.5. The van der Waals surface area contributed by atoms with Crippen LogP contribution in [0.25, 0.3) is 11.4 Å². The number of hydrogen-bond acceptors (Lipinski definition) is 4. The molecule has 0 unspecified atom stereocenters. The largest absolute Gasteiger partial charge is 0.412 e. The van der Waals surface area contributed by atoms with Gasteiger partial charge in [0.15, 0.2) is 0 Å². The third kappa shape index (κ3) is 9.41. The fourth-order valence-corrected chi connectivity index (χ4v) is 6.33. The van der Waals surface area contributed by atoms with Crippen LogP contribution in [-0.2, 0) is 22.4 Å². The van der Waals surface area contributed by atoms with Crippen molar-refractivity contribution in [2.75, 3.05) is 0 Å². The van der Waals surface area contributed by atoms with E-state index < -0.39 is 0 Å². The molecular formula is C38H56N6O3. The number of amides is 2. The maximum Gasteiger partial charge on any atom is 0.227 e. The molecule has 0 saturated carbocycles. The van der Waals surface area contributed by atoms with E-state index in [4.69, 9.17) is 0 Å². The monoisotopic (exact) mass is 644 g/mol. The Morgan fingerprint density at radius 3 is 1.09 bits per heavy atom. The van der Waals surface area contributed by atoms with Crippen LogP contribution in [0.15, 0.2) is 60.7 Å². The van der Waals surface area contributed by atoms with Gasteiger partial charge in [0, 0.05) is 46.7 Å². The number of carbonyl (C=O) groups excluding carboxylic acids is 2. The van der Waals surface area contributed by atoms with Crippen LogP contribution in [0.2, 0.25) is 0 Å². The van der Waals surface area contributed by atoms with Gasteiger partial charge in [-0.2, -0.15) is 10.2 Å². The Bertz CT molecular complexity index is 1450. The average molecular weight is 645 g/mol. The van der Waals surface area contributed by atoms with Crippen LogP contribution in [0.1, 0.15) is 89.3 Å². The van der Waals surface area contributed by atoms with Gasteiger partial charge in [-0.1, -0.05) is 36.4 Å². The first kappa shape index (κ1) is 38.9. The van der Waals surface area contributed by atoms with Crippen LogP contribution in [-0.4, -0.2) is 70.8 Å². The van der Waals surface area contributed by atoms with E-state index in [0.29, 0.717) is 12.8 Å². The summed E-state index contributed by atoms with van der Waals surface area (Å²) in [4.78, 5) is 29.4. The molecule has 0 fully saturated rings.